The van der Waals surface area contributed by atoms with Crippen LogP contribution in [0.1, 0.15) is 26.9 Å². The van der Waals surface area contributed by atoms with E-state index in [9.17, 15) is 22.8 Å². The second kappa shape index (κ2) is 7.03. The highest BCUT2D eigenvalue weighted by atomic mass is 32.2. The zero-order valence-electron chi connectivity index (χ0n) is 13.6. The van der Waals surface area contributed by atoms with Gasteiger partial charge in [-0.2, -0.15) is 13.2 Å². The molecule has 2 aromatic rings. The third kappa shape index (κ3) is 3.41. The summed E-state index contributed by atoms with van der Waals surface area (Å²) in [5, 5.41) is -0.788. The Balaban J connectivity index is 2.00. The summed E-state index contributed by atoms with van der Waals surface area (Å²) in [5.41, 5.74) is -0.00584. The SMILES string of the molecule is COC(=O)c1ccc(N2C(=O)CSC2c2ccccc2C(F)(F)F)cc1. The van der Waals surface area contributed by atoms with E-state index in [4.69, 9.17) is 0 Å². The van der Waals surface area contributed by atoms with Crippen molar-refractivity contribution in [2.45, 2.75) is 11.6 Å². The summed E-state index contributed by atoms with van der Waals surface area (Å²) >= 11 is 1.14. The second-order valence-corrected chi connectivity index (χ2v) is 6.62. The van der Waals surface area contributed by atoms with Gasteiger partial charge in [0.25, 0.3) is 0 Å². The van der Waals surface area contributed by atoms with Gasteiger partial charge >= 0.3 is 12.1 Å². The summed E-state index contributed by atoms with van der Waals surface area (Å²) in [7, 11) is 1.25. The van der Waals surface area contributed by atoms with Gasteiger partial charge in [-0.05, 0) is 35.9 Å². The molecular weight excluding hydrogens is 367 g/mol. The molecule has 1 fully saturated rings. The molecule has 1 atom stereocenters. The Labute approximate surface area is 151 Å². The fourth-order valence-electron chi connectivity index (χ4n) is 2.78. The number of benzene rings is 2. The lowest BCUT2D eigenvalue weighted by Crippen LogP contribution is -2.29. The standard InChI is InChI=1S/C18H14F3NO3S/c1-25-17(24)11-6-8-12(9-7-11)22-15(23)10-26-16(22)13-4-2-3-5-14(13)18(19,20)21/h2-9,16H,10H2,1H3. The van der Waals surface area contributed by atoms with Crippen molar-refractivity contribution in [1.82, 2.24) is 0 Å². The molecule has 4 nitrogen and oxygen atoms in total. The van der Waals surface area contributed by atoms with Gasteiger partial charge in [0.05, 0.1) is 24.0 Å². The van der Waals surface area contributed by atoms with E-state index in [0.29, 0.717) is 11.3 Å². The number of hydrogen-bond donors (Lipinski definition) is 0. The number of rotatable bonds is 3. The molecule has 1 saturated heterocycles. The molecule has 2 aromatic carbocycles. The van der Waals surface area contributed by atoms with Gasteiger partial charge in [-0.25, -0.2) is 4.79 Å². The van der Waals surface area contributed by atoms with Crippen molar-refractivity contribution < 1.29 is 27.5 Å². The maximum atomic E-state index is 13.3. The third-order valence-electron chi connectivity index (χ3n) is 3.97. The number of anilines is 1. The van der Waals surface area contributed by atoms with Gasteiger partial charge < -0.3 is 4.74 Å². The predicted octanol–water partition coefficient (Wildman–Crippen LogP) is 4.27. The van der Waals surface area contributed by atoms with E-state index >= 15 is 0 Å². The van der Waals surface area contributed by atoms with Gasteiger partial charge in [0, 0.05) is 5.69 Å². The van der Waals surface area contributed by atoms with Gasteiger partial charge in [-0.1, -0.05) is 18.2 Å². The number of ether oxygens (including phenoxy) is 1. The Hall–Kier alpha value is -2.48. The second-order valence-electron chi connectivity index (χ2n) is 5.55. The summed E-state index contributed by atoms with van der Waals surface area (Å²) < 4.78 is 44.7. The van der Waals surface area contributed by atoms with Crippen LogP contribution >= 0.6 is 11.8 Å². The van der Waals surface area contributed by atoms with Crippen LogP contribution in [0.15, 0.2) is 48.5 Å². The molecule has 1 amide bonds. The Kier molecular flexibility index (Phi) is 4.95. The number of hydrogen-bond acceptors (Lipinski definition) is 4. The van der Waals surface area contributed by atoms with Crippen LogP contribution < -0.4 is 4.90 Å². The Morgan fingerprint density at radius 1 is 1.15 bits per heavy atom. The van der Waals surface area contributed by atoms with Crippen LogP contribution in [0.5, 0.6) is 0 Å². The van der Waals surface area contributed by atoms with E-state index in [1.807, 2.05) is 0 Å². The number of methoxy groups -OCH3 is 1. The fraction of sp³-hybridized carbons (Fsp3) is 0.222. The zero-order chi connectivity index (χ0) is 18.9. The molecule has 1 heterocycles. The molecule has 1 unspecified atom stereocenters. The average Bonchev–Trinajstić information content (AvgIpc) is 3.02. The number of halogens is 3. The van der Waals surface area contributed by atoms with Crippen molar-refractivity contribution in [3.63, 3.8) is 0 Å². The van der Waals surface area contributed by atoms with E-state index in [1.165, 1.54) is 54.5 Å². The number of nitrogens with zero attached hydrogens (tertiary/aromatic N) is 1. The van der Waals surface area contributed by atoms with E-state index in [-0.39, 0.29) is 17.2 Å². The quantitative estimate of drug-likeness (QED) is 0.745. The summed E-state index contributed by atoms with van der Waals surface area (Å²) in [6.45, 7) is 0. The lowest BCUT2D eigenvalue weighted by molar-refractivity contribution is -0.138. The Morgan fingerprint density at radius 2 is 1.81 bits per heavy atom. The van der Waals surface area contributed by atoms with Crippen LogP contribution in [0.4, 0.5) is 18.9 Å². The maximum absolute atomic E-state index is 13.3. The van der Waals surface area contributed by atoms with E-state index < -0.39 is 23.1 Å². The Bertz CT molecular complexity index is 836. The van der Waals surface area contributed by atoms with Gasteiger partial charge in [0.1, 0.15) is 5.37 Å². The summed E-state index contributed by atoms with van der Waals surface area (Å²) in [4.78, 5) is 25.2. The van der Waals surface area contributed by atoms with Crippen LogP contribution in [0.2, 0.25) is 0 Å². The maximum Gasteiger partial charge on any atom is 0.416 e. The van der Waals surface area contributed by atoms with Gasteiger partial charge in [0.15, 0.2) is 0 Å². The lowest BCUT2D eigenvalue weighted by Gasteiger charge is -2.26. The number of alkyl halides is 3. The number of esters is 1. The molecule has 0 spiro atoms. The molecule has 0 N–H and O–H groups in total. The molecular formula is C18H14F3NO3S. The molecule has 0 bridgehead atoms. The predicted molar refractivity (Wildman–Crippen MR) is 91.9 cm³/mol. The van der Waals surface area contributed by atoms with Crippen molar-refractivity contribution >= 4 is 29.3 Å². The highest BCUT2D eigenvalue weighted by molar-refractivity contribution is 8.00. The number of thioether (sulfide) groups is 1. The molecule has 3 rings (SSSR count). The minimum atomic E-state index is -4.51. The fourth-order valence-corrected chi connectivity index (χ4v) is 3.99. The molecule has 1 aliphatic rings. The first kappa shape index (κ1) is 18.3. The number of carbonyl (C=O) groups is 2. The Morgan fingerprint density at radius 3 is 2.42 bits per heavy atom. The molecule has 26 heavy (non-hydrogen) atoms. The molecule has 0 saturated carbocycles. The lowest BCUT2D eigenvalue weighted by atomic mass is 10.1. The molecule has 0 radical (unpaired) electrons. The molecule has 0 aliphatic carbocycles. The van der Waals surface area contributed by atoms with Crippen LogP contribution in [0.25, 0.3) is 0 Å². The number of amides is 1. The van der Waals surface area contributed by atoms with Crippen LogP contribution in [-0.2, 0) is 15.7 Å². The highest BCUT2D eigenvalue weighted by Crippen LogP contribution is 2.46. The molecule has 8 heteroatoms. The van der Waals surface area contributed by atoms with E-state index in [0.717, 1.165) is 17.8 Å². The van der Waals surface area contributed by atoms with E-state index in [1.54, 1.807) is 0 Å². The summed E-state index contributed by atoms with van der Waals surface area (Å²) in [5.74, 6) is -0.740. The first-order valence-corrected chi connectivity index (χ1v) is 8.66. The van der Waals surface area contributed by atoms with Gasteiger partial charge in [-0.15, -0.1) is 11.8 Å². The summed E-state index contributed by atoms with van der Waals surface area (Å²) in [6.07, 6.45) is -4.51. The van der Waals surface area contributed by atoms with Gasteiger partial charge in [0.2, 0.25) is 5.91 Å². The topological polar surface area (TPSA) is 46.6 Å². The van der Waals surface area contributed by atoms with Crippen LogP contribution in [0.3, 0.4) is 0 Å². The normalized spacial score (nSPS) is 17.5. The van der Waals surface area contributed by atoms with Crippen molar-refractivity contribution in [2.75, 3.05) is 17.8 Å². The minimum absolute atomic E-state index is 0.0351. The molecule has 1 aliphatic heterocycles. The average molecular weight is 381 g/mol. The molecule has 0 aromatic heterocycles. The smallest absolute Gasteiger partial charge is 0.416 e. The summed E-state index contributed by atoms with van der Waals surface area (Å²) in [6, 6.07) is 11.2. The molecule has 136 valence electrons. The van der Waals surface area contributed by atoms with Crippen molar-refractivity contribution in [1.29, 1.82) is 0 Å². The van der Waals surface area contributed by atoms with Crippen LogP contribution in [-0.4, -0.2) is 24.7 Å². The number of carbonyl (C=O) groups excluding carboxylic acids is 2. The minimum Gasteiger partial charge on any atom is -0.465 e. The van der Waals surface area contributed by atoms with Crippen molar-refractivity contribution in [2.24, 2.45) is 0 Å². The zero-order valence-corrected chi connectivity index (χ0v) is 14.4. The third-order valence-corrected chi connectivity index (χ3v) is 5.16. The highest BCUT2D eigenvalue weighted by Gasteiger charge is 2.40. The van der Waals surface area contributed by atoms with Crippen molar-refractivity contribution in [3.8, 4) is 0 Å². The van der Waals surface area contributed by atoms with Crippen LogP contribution in [0, 0.1) is 0 Å². The van der Waals surface area contributed by atoms with Gasteiger partial charge in [-0.3, -0.25) is 9.69 Å². The monoisotopic (exact) mass is 381 g/mol. The van der Waals surface area contributed by atoms with Crippen molar-refractivity contribution in [3.05, 3.63) is 65.2 Å². The first-order valence-electron chi connectivity index (χ1n) is 7.61. The largest absolute Gasteiger partial charge is 0.465 e. The first-order chi connectivity index (χ1) is 12.3. The van der Waals surface area contributed by atoms with E-state index in [2.05, 4.69) is 4.74 Å².